The van der Waals surface area contributed by atoms with Gasteiger partial charge in [-0.1, -0.05) is 67.5 Å². The van der Waals surface area contributed by atoms with Crippen LogP contribution in [0.2, 0.25) is 0 Å². The van der Waals surface area contributed by atoms with Gasteiger partial charge in [-0.3, -0.25) is 0 Å². The van der Waals surface area contributed by atoms with Crippen LogP contribution in [0.15, 0.2) is 52.7 Å². The summed E-state index contributed by atoms with van der Waals surface area (Å²) in [6.07, 6.45) is 14.4. The van der Waals surface area contributed by atoms with Gasteiger partial charge in [0.1, 0.15) is 0 Å². The van der Waals surface area contributed by atoms with Crippen LogP contribution in [0.5, 0.6) is 0 Å². The normalized spacial score (nSPS) is 20.6. The average molecular weight is 255 g/mol. The van der Waals surface area contributed by atoms with E-state index in [0.29, 0.717) is 5.41 Å². The Bertz CT molecular complexity index is 450. The van der Waals surface area contributed by atoms with Gasteiger partial charge in [0.25, 0.3) is 0 Å². The Morgan fingerprint density at radius 3 is 2.47 bits per heavy atom. The van der Waals surface area contributed by atoms with Crippen molar-refractivity contribution in [3.05, 3.63) is 59.3 Å². The summed E-state index contributed by atoms with van der Waals surface area (Å²) < 4.78 is 0. The second-order valence-electron chi connectivity index (χ2n) is 6.28. The van der Waals surface area contributed by atoms with Crippen molar-refractivity contribution in [2.45, 2.75) is 53.9 Å². The molecule has 1 aliphatic rings. The molecule has 0 aromatic heterocycles. The fourth-order valence-corrected chi connectivity index (χ4v) is 2.63. The molecule has 0 nitrogen and oxygen atoms in total. The Morgan fingerprint density at radius 2 is 1.89 bits per heavy atom. The van der Waals surface area contributed by atoms with E-state index in [2.05, 4.69) is 45.9 Å². The summed E-state index contributed by atoms with van der Waals surface area (Å²) >= 11 is 0. The number of hydrogen-bond donors (Lipinski definition) is 0. The van der Waals surface area contributed by atoms with Crippen LogP contribution in [0.1, 0.15) is 53.9 Å². The average Bonchev–Trinajstić information content (AvgIpc) is 2.26. The zero-order valence-corrected chi connectivity index (χ0v) is 13.1. The van der Waals surface area contributed by atoms with Gasteiger partial charge in [0.2, 0.25) is 0 Å². The molecule has 0 unspecified atom stereocenters. The molecular weight excluding hydrogens is 228 g/mol. The fourth-order valence-electron chi connectivity index (χ4n) is 2.63. The molecule has 0 aromatic rings. The summed E-state index contributed by atoms with van der Waals surface area (Å²) in [6.45, 7) is 16.6. The molecule has 0 aromatic carbocycles. The highest BCUT2D eigenvalue weighted by molar-refractivity contribution is 5.36. The van der Waals surface area contributed by atoms with E-state index in [1.807, 2.05) is 19.1 Å². The molecule has 0 aliphatic heterocycles. The van der Waals surface area contributed by atoms with E-state index in [4.69, 9.17) is 6.58 Å². The standard InChI is InChI=1S/C19H27/c1-15(2)9-7-10-16(3)12-13-18-17(4)11-8-14-19(18,5)6/h1,7,9-10,12-13H,8,11,14H2,2-6H3. The predicted octanol–water partition coefficient (Wildman–Crippen LogP) is 5.95. The first-order valence-electron chi connectivity index (χ1n) is 7.15. The van der Waals surface area contributed by atoms with Crippen molar-refractivity contribution in [2.75, 3.05) is 0 Å². The minimum Gasteiger partial charge on any atom is -0.0696 e. The second kappa shape index (κ2) is 6.75. The zero-order valence-electron chi connectivity index (χ0n) is 13.1. The van der Waals surface area contributed by atoms with Crippen molar-refractivity contribution < 1.29 is 0 Å². The van der Waals surface area contributed by atoms with E-state index in [1.165, 1.54) is 30.4 Å². The van der Waals surface area contributed by atoms with Gasteiger partial charge in [0.05, 0.1) is 0 Å². The molecule has 103 valence electrons. The summed E-state index contributed by atoms with van der Waals surface area (Å²) in [6, 6.07) is 0. The lowest BCUT2D eigenvalue weighted by Crippen LogP contribution is -2.19. The first-order chi connectivity index (χ1) is 8.83. The van der Waals surface area contributed by atoms with Crippen LogP contribution < -0.4 is 0 Å². The zero-order chi connectivity index (χ0) is 14.5. The predicted molar refractivity (Wildman–Crippen MR) is 85.9 cm³/mol. The number of allylic oxidation sites excluding steroid dienone is 9. The summed E-state index contributed by atoms with van der Waals surface area (Å²) in [5.41, 5.74) is 5.45. The summed E-state index contributed by atoms with van der Waals surface area (Å²) in [4.78, 5) is 0. The molecule has 0 fully saturated rings. The molecule has 0 heteroatoms. The van der Waals surface area contributed by atoms with Gasteiger partial charge >= 0.3 is 0 Å². The van der Waals surface area contributed by atoms with Crippen LogP contribution in [0.4, 0.5) is 0 Å². The highest BCUT2D eigenvalue weighted by Crippen LogP contribution is 2.40. The highest BCUT2D eigenvalue weighted by atomic mass is 14.3. The first-order valence-corrected chi connectivity index (χ1v) is 7.15. The maximum Gasteiger partial charge on any atom is -0.0104 e. The SMILES string of the molecule is [CH]=C(C)C=CC=C(C)C=CC1=C(C)CCCC1(C)C. The van der Waals surface area contributed by atoms with Crippen LogP contribution in [-0.2, 0) is 0 Å². The van der Waals surface area contributed by atoms with Gasteiger partial charge in [0.15, 0.2) is 0 Å². The molecule has 1 rings (SSSR count). The molecule has 1 aliphatic carbocycles. The van der Waals surface area contributed by atoms with E-state index in [0.717, 1.165) is 5.57 Å². The van der Waals surface area contributed by atoms with Crippen LogP contribution in [0.25, 0.3) is 0 Å². The van der Waals surface area contributed by atoms with Crippen LogP contribution in [0, 0.1) is 12.0 Å². The van der Waals surface area contributed by atoms with Gasteiger partial charge in [-0.2, -0.15) is 0 Å². The van der Waals surface area contributed by atoms with Crippen molar-refractivity contribution in [3.8, 4) is 0 Å². The molecule has 0 bridgehead atoms. The molecule has 0 spiro atoms. The van der Waals surface area contributed by atoms with Crippen LogP contribution in [-0.4, -0.2) is 0 Å². The van der Waals surface area contributed by atoms with E-state index < -0.39 is 0 Å². The lowest BCUT2D eigenvalue weighted by molar-refractivity contribution is 0.377. The van der Waals surface area contributed by atoms with Gasteiger partial charge in [0, 0.05) is 0 Å². The third-order valence-electron chi connectivity index (χ3n) is 3.77. The Hall–Kier alpha value is -1.30. The molecule has 19 heavy (non-hydrogen) atoms. The van der Waals surface area contributed by atoms with Crippen molar-refractivity contribution in [1.82, 2.24) is 0 Å². The third kappa shape index (κ3) is 5.06. The number of hydrogen-bond acceptors (Lipinski definition) is 0. The Morgan fingerprint density at radius 1 is 1.21 bits per heavy atom. The van der Waals surface area contributed by atoms with Gasteiger partial charge in [-0.15, -0.1) is 0 Å². The number of rotatable bonds is 4. The third-order valence-corrected chi connectivity index (χ3v) is 3.77. The first kappa shape index (κ1) is 15.8. The molecular formula is C19H27. The van der Waals surface area contributed by atoms with Gasteiger partial charge in [-0.25, -0.2) is 0 Å². The minimum atomic E-state index is 0.316. The Labute approximate surface area is 119 Å². The Balaban J connectivity index is 2.83. The molecule has 0 saturated carbocycles. The summed E-state index contributed by atoms with van der Waals surface area (Å²) in [5.74, 6) is 0. The molecule has 1 radical (unpaired) electrons. The second-order valence-corrected chi connectivity index (χ2v) is 6.28. The summed E-state index contributed by atoms with van der Waals surface area (Å²) in [5, 5.41) is 0. The maximum absolute atomic E-state index is 5.60. The lowest BCUT2D eigenvalue weighted by atomic mass is 9.72. The van der Waals surface area contributed by atoms with Crippen molar-refractivity contribution in [1.29, 1.82) is 0 Å². The van der Waals surface area contributed by atoms with Crippen molar-refractivity contribution in [3.63, 3.8) is 0 Å². The van der Waals surface area contributed by atoms with E-state index in [1.54, 1.807) is 5.57 Å². The van der Waals surface area contributed by atoms with E-state index >= 15 is 0 Å². The maximum atomic E-state index is 5.60. The highest BCUT2D eigenvalue weighted by Gasteiger charge is 2.26. The monoisotopic (exact) mass is 255 g/mol. The van der Waals surface area contributed by atoms with Crippen molar-refractivity contribution in [2.24, 2.45) is 5.41 Å². The molecule has 0 amide bonds. The largest absolute Gasteiger partial charge is 0.0696 e. The molecule has 0 N–H and O–H groups in total. The van der Waals surface area contributed by atoms with Crippen LogP contribution in [0.3, 0.4) is 0 Å². The smallest absolute Gasteiger partial charge is 0.0104 e. The molecule has 0 saturated heterocycles. The van der Waals surface area contributed by atoms with E-state index in [-0.39, 0.29) is 0 Å². The lowest BCUT2D eigenvalue weighted by Gasteiger charge is -2.32. The molecule has 0 heterocycles. The van der Waals surface area contributed by atoms with Crippen LogP contribution >= 0.6 is 0 Å². The minimum absolute atomic E-state index is 0.316. The quantitative estimate of drug-likeness (QED) is 0.544. The summed E-state index contributed by atoms with van der Waals surface area (Å²) in [7, 11) is 0. The van der Waals surface area contributed by atoms with Gasteiger partial charge < -0.3 is 0 Å². The molecule has 0 atom stereocenters. The topological polar surface area (TPSA) is 0 Å². The Kier molecular flexibility index (Phi) is 5.60. The van der Waals surface area contributed by atoms with E-state index in [9.17, 15) is 0 Å². The fraction of sp³-hybridized carbons (Fsp3) is 0.474. The van der Waals surface area contributed by atoms with Gasteiger partial charge in [-0.05, 0) is 51.0 Å². The van der Waals surface area contributed by atoms with Crippen molar-refractivity contribution >= 4 is 0 Å².